The smallest absolute Gasteiger partial charge is 0.257 e. The van der Waals surface area contributed by atoms with E-state index in [1.54, 1.807) is 0 Å². The van der Waals surface area contributed by atoms with E-state index in [0.29, 0.717) is 18.8 Å². The van der Waals surface area contributed by atoms with Crippen LogP contribution in [0.3, 0.4) is 0 Å². The van der Waals surface area contributed by atoms with Crippen LogP contribution in [0.2, 0.25) is 0 Å². The number of halogens is 1. The van der Waals surface area contributed by atoms with Gasteiger partial charge in [-0.1, -0.05) is 35.0 Å². The molecule has 2 rings (SSSR count). The number of nitrogens with two attached hydrogens (primary N) is 1. The summed E-state index contributed by atoms with van der Waals surface area (Å²) in [5, 5.41) is 5.00. The van der Waals surface area contributed by atoms with Gasteiger partial charge in [-0.15, -0.1) is 0 Å². The van der Waals surface area contributed by atoms with Crippen LogP contribution >= 0.6 is 15.9 Å². The lowest BCUT2D eigenvalue weighted by atomic mass is 10.1. The predicted octanol–water partition coefficient (Wildman–Crippen LogP) is 2.69. The van der Waals surface area contributed by atoms with Crippen molar-refractivity contribution in [1.29, 1.82) is 0 Å². The van der Waals surface area contributed by atoms with Crippen molar-refractivity contribution in [3.8, 4) is 5.75 Å². The highest BCUT2D eigenvalue weighted by Crippen LogP contribution is 2.24. The second kappa shape index (κ2) is 7.43. The number of ether oxygens (including phenoxy) is 1. The van der Waals surface area contributed by atoms with Crippen molar-refractivity contribution in [2.75, 3.05) is 19.7 Å². The molecule has 0 fully saturated rings. The number of carbonyl (C=O) groups is 1. The van der Waals surface area contributed by atoms with Gasteiger partial charge in [0.25, 0.3) is 5.91 Å². The largest absolute Gasteiger partial charge is 0.484 e. The molecule has 0 spiro atoms. The van der Waals surface area contributed by atoms with Crippen molar-refractivity contribution in [2.45, 2.75) is 6.92 Å². The Kier molecular flexibility index (Phi) is 5.59. The van der Waals surface area contributed by atoms with Crippen molar-refractivity contribution >= 4 is 32.6 Å². The number of hydrogen-bond donors (Lipinski definition) is 2. The van der Waals surface area contributed by atoms with Gasteiger partial charge in [0, 0.05) is 11.0 Å². The summed E-state index contributed by atoms with van der Waals surface area (Å²) in [5.41, 5.74) is 5.50. The maximum Gasteiger partial charge on any atom is 0.257 e. The number of carbonyl (C=O) groups excluding carboxylic acids is 1. The quantitative estimate of drug-likeness (QED) is 0.841. The molecule has 0 aromatic heterocycles. The molecule has 5 heteroatoms. The van der Waals surface area contributed by atoms with Crippen molar-refractivity contribution in [1.82, 2.24) is 5.32 Å². The fourth-order valence-electron chi connectivity index (χ4n) is 1.86. The molecule has 0 saturated heterocycles. The molecule has 1 unspecified atom stereocenters. The van der Waals surface area contributed by atoms with Crippen LogP contribution in [0.15, 0.2) is 40.9 Å². The van der Waals surface area contributed by atoms with Crippen LogP contribution in [0.1, 0.15) is 6.92 Å². The molecule has 0 aliphatic carbocycles. The Balaban J connectivity index is 1.91. The van der Waals surface area contributed by atoms with E-state index in [4.69, 9.17) is 10.5 Å². The molecule has 21 heavy (non-hydrogen) atoms. The predicted molar refractivity (Wildman–Crippen MR) is 88.4 cm³/mol. The molecule has 0 saturated carbocycles. The Morgan fingerprint density at radius 1 is 1.29 bits per heavy atom. The molecule has 1 amide bonds. The molecule has 0 heterocycles. The van der Waals surface area contributed by atoms with Gasteiger partial charge in [-0.3, -0.25) is 4.79 Å². The van der Waals surface area contributed by atoms with E-state index >= 15 is 0 Å². The molecular weight excluding hydrogens is 332 g/mol. The fraction of sp³-hybridized carbons (Fsp3) is 0.312. The van der Waals surface area contributed by atoms with Crippen LogP contribution in [0, 0.1) is 5.92 Å². The number of nitrogens with one attached hydrogen (secondary N) is 1. The van der Waals surface area contributed by atoms with Gasteiger partial charge in [0.1, 0.15) is 5.75 Å². The van der Waals surface area contributed by atoms with Crippen molar-refractivity contribution < 1.29 is 9.53 Å². The average molecular weight is 351 g/mol. The highest BCUT2D eigenvalue weighted by atomic mass is 79.9. The van der Waals surface area contributed by atoms with E-state index in [-0.39, 0.29) is 18.4 Å². The molecule has 3 N–H and O–H groups in total. The summed E-state index contributed by atoms with van der Waals surface area (Å²) in [6, 6.07) is 11.8. The summed E-state index contributed by atoms with van der Waals surface area (Å²) in [6.45, 7) is 3.13. The summed E-state index contributed by atoms with van der Waals surface area (Å²) in [6.07, 6.45) is 0. The van der Waals surface area contributed by atoms with E-state index in [1.807, 2.05) is 43.3 Å². The summed E-state index contributed by atoms with van der Waals surface area (Å²) in [7, 11) is 0. The van der Waals surface area contributed by atoms with Gasteiger partial charge in [0.2, 0.25) is 0 Å². The van der Waals surface area contributed by atoms with Crippen LogP contribution < -0.4 is 15.8 Å². The second-order valence-electron chi connectivity index (χ2n) is 5.09. The highest BCUT2D eigenvalue weighted by molar-refractivity contribution is 9.10. The highest BCUT2D eigenvalue weighted by Gasteiger charge is 2.05. The molecule has 0 aliphatic rings. The molecule has 112 valence electrons. The Morgan fingerprint density at radius 2 is 2.00 bits per heavy atom. The minimum Gasteiger partial charge on any atom is -0.484 e. The van der Waals surface area contributed by atoms with Crippen molar-refractivity contribution in [3.05, 3.63) is 40.9 Å². The van der Waals surface area contributed by atoms with Gasteiger partial charge in [-0.05, 0) is 47.5 Å². The first-order chi connectivity index (χ1) is 10.1. The molecule has 2 aromatic carbocycles. The lowest BCUT2D eigenvalue weighted by molar-refractivity contribution is -0.123. The Bertz CT molecular complexity index is 631. The van der Waals surface area contributed by atoms with Crippen LogP contribution in [-0.2, 0) is 4.79 Å². The monoisotopic (exact) mass is 350 g/mol. The van der Waals surface area contributed by atoms with E-state index in [0.717, 1.165) is 15.2 Å². The first-order valence-corrected chi connectivity index (χ1v) is 7.66. The molecule has 0 aliphatic heterocycles. The standard InChI is InChI=1S/C16H19BrN2O2/c1-11(8-18)9-19-16(20)10-21-15-5-3-12-6-14(17)4-2-13(12)7-15/h2-7,11H,8-10,18H2,1H3,(H,19,20). The first kappa shape index (κ1) is 15.8. The zero-order valence-electron chi connectivity index (χ0n) is 11.9. The van der Waals surface area contributed by atoms with Crippen molar-refractivity contribution in [3.63, 3.8) is 0 Å². The van der Waals surface area contributed by atoms with E-state index in [1.165, 1.54) is 0 Å². The summed E-state index contributed by atoms with van der Waals surface area (Å²) in [4.78, 5) is 11.7. The molecule has 2 aromatic rings. The fourth-order valence-corrected chi connectivity index (χ4v) is 2.23. The molecular formula is C16H19BrN2O2. The lowest BCUT2D eigenvalue weighted by Gasteiger charge is -2.11. The number of amides is 1. The lowest BCUT2D eigenvalue weighted by Crippen LogP contribution is -2.34. The molecule has 1 atom stereocenters. The minimum atomic E-state index is -0.133. The second-order valence-corrected chi connectivity index (χ2v) is 6.00. The average Bonchev–Trinajstić information content (AvgIpc) is 2.50. The first-order valence-electron chi connectivity index (χ1n) is 6.87. The zero-order valence-corrected chi connectivity index (χ0v) is 13.5. The minimum absolute atomic E-state index is 0.0132. The molecule has 0 radical (unpaired) electrons. The van der Waals surface area contributed by atoms with E-state index < -0.39 is 0 Å². The Morgan fingerprint density at radius 3 is 2.76 bits per heavy atom. The zero-order chi connectivity index (χ0) is 15.2. The summed E-state index contributed by atoms with van der Waals surface area (Å²) in [5.74, 6) is 0.825. The summed E-state index contributed by atoms with van der Waals surface area (Å²) >= 11 is 3.44. The maximum atomic E-state index is 11.7. The number of fused-ring (bicyclic) bond motifs is 1. The van der Waals surface area contributed by atoms with E-state index in [9.17, 15) is 4.79 Å². The third-order valence-corrected chi connectivity index (χ3v) is 3.69. The van der Waals surface area contributed by atoms with Crippen molar-refractivity contribution in [2.24, 2.45) is 11.7 Å². The molecule has 4 nitrogen and oxygen atoms in total. The SMILES string of the molecule is CC(CN)CNC(=O)COc1ccc2cc(Br)ccc2c1. The topological polar surface area (TPSA) is 64.3 Å². The van der Waals surface area contributed by atoms with Gasteiger partial charge in [0.05, 0.1) is 0 Å². The number of hydrogen-bond acceptors (Lipinski definition) is 3. The van der Waals surface area contributed by atoms with Crippen LogP contribution in [0.5, 0.6) is 5.75 Å². The van der Waals surface area contributed by atoms with Gasteiger partial charge >= 0.3 is 0 Å². The van der Waals surface area contributed by atoms with E-state index in [2.05, 4.69) is 21.2 Å². The van der Waals surface area contributed by atoms with Crippen LogP contribution in [0.4, 0.5) is 0 Å². The molecule has 0 bridgehead atoms. The van der Waals surface area contributed by atoms with Gasteiger partial charge in [-0.2, -0.15) is 0 Å². The third kappa shape index (κ3) is 4.72. The van der Waals surface area contributed by atoms with Gasteiger partial charge < -0.3 is 15.8 Å². The normalized spacial score (nSPS) is 12.1. The summed E-state index contributed by atoms with van der Waals surface area (Å²) < 4.78 is 6.56. The van der Waals surface area contributed by atoms with Gasteiger partial charge in [-0.25, -0.2) is 0 Å². The van der Waals surface area contributed by atoms with Gasteiger partial charge in [0.15, 0.2) is 6.61 Å². The van der Waals surface area contributed by atoms with Crippen LogP contribution in [-0.4, -0.2) is 25.6 Å². The Hall–Kier alpha value is -1.59. The number of benzene rings is 2. The van der Waals surface area contributed by atoms with Crippen LogP contribution in [0.25, 0.3) is 10.8 Å². The Labute approximate surface area is 132 Å². The third-order valence-electron chi connectivity index (χ3n) is 3.19. The maximum absolute atomic E-state index is 11.7. The number of rotatable bonds is 6.